The Morgan fingerprint density at radius 3 is 2.73 bits per heavy atom. The van der Waals surface area contributed by atoms with Gasteiger partial charge in [-0.3, -0.25) is 28.8 Å². The number of ether oxygens (including phenoxy) is 1. The number of pyridine rings is 1. The van der Waals surface area contributed by atoms with E-state index in [2.05, 4.69) is 21.5 Å². The molecule has 3 atom stereocenters. The summed E-state index contributed by atoms with van der Waals surface area (Å²) in [5.74, 6) is 0.0998. The van der Waals surface area contributed by atoms with E-state index in [1.165, 1.54) is 6.92 Å². The van der Waals surface area contributed by atoms with Gasteiger partial charge < -0.3 is 15.0 Å². The zero-order chi connectivity index (χ0) is 31.2. The van der Waals surface area contributed by atoms with Crippen molar-refractivity contribution in [3.63, 3.8) is 0 Å². The lowest BCUT2D eigenvalue weighted by molar-refractivity contribution is -0.139. The molecule has 0 spiro atoms. The number of benzene rings is 1. The maximum Gasteiger partial charge on any atom is 0.245 e. The molecule has 2 aliphatic heterocycles. The number of piperidine rings is 1. The van der Waals surface area contributed by atoms with E-state index < -0.39 is 6.04 Å². The Balaban J connectivity index is 1.40. The molecule has 3 aliphatic rings. The number of carbonyl (C=O) groups is 4. The molecule has 3 aromatic rings. The number of methoxy groups -OCH3 is 1. The number of nitrogens with zero attached hydrogens (tertiary/aromatic N) is 4. The molecule has 2 bridgehead atoms. The van der Waals surface area contributed by atoms with Crippen molar-refractivity contribution in [1.82, 2.24) is 25.0 Å². The smallest absolute Gasteiger partial charge is 0.245 e. The molecule has 1 N–H and O–H groups in total. The standard InChI is InChI=1S/C34H39N5O5/c1-20-11-12-21(2)36-26(20)15-28(41)27-16-34-17-29(34)39(27)31(43)18-38-33-23(9-7-5-6-8-10-30(42)35-19-34)13-24(44-4)14-25(33)32(37-38)22(3)40/h5,7,11-14,27,29H,6,8-10,15-19H2,1-4H3,(H,35,42)/b7-5+/t27-,29+,34-/m0/s1. The predicted molar refractivity (Wildman–Crippen MR) is 165 cm³/mol. The minimum Gasteiger partial charge on any atom is -0.497 e. The Hall–Kier alpha value is -4.34. The van der Waals surface area contributed by atoms with Crippen LogP contribution in [-0.4, -0.2) is 68.8 Å². The molecular formula is C34H39N5O5. The first-order chi connectivity index (χ1) is 21.1. The number of allylic oxidation sites excluding steroid dienone is 2. The zero-order valence-corrected chi connectivity index (χ0v) is 25.8. The number of hydrogen-bond acceptors (Lipinski definition) is 7. The Labute approximate surface area is 256 Å². The van der Waals surface area contributed by atoms with E-state index in [1.54, 1.807) is 22.8 Å². The van der Waals surface area contributed by atoms with Crippen molar-refractivity contribution in [2.75, 3.05) is 13.7 Å². The number of rotatable bonds is 5. The Bertz CT molecular complexity index is 1710. The van der Waals surface area contributed by atoms with Crippen molar-refractivity contribution in [1.29, 1.82) is 0 Å². The Morgan fingerprint density at radius 1 is 1.14 bits per heavy atom. The van der Waals surface area contributed by atoms with Crippen LogP contribution < -0.4 is 10.1 Å². The van der Waals surface area contributed by atoms with Crippen LogP contribution in [0.4, 0.5) is 0 Å². The van der Waals surface area contributed by atoms with Crippen molar-refractivity contribution in [2.24, 2.45) is 5.41 Å². The number of carbonyl (C=O) groups excluding carboxylic acids is 4. The fraction of sp³-hybridized carbons (Fsp3) is 0.471. The van der Waals surface area contributed by atoms with E-state index in [1.807, 2.05) is 38.1 Å². The summed E-state index contributed by atoms with van der Waals surface area (Å²) in [7, 11) is 1.58. The quantitative estimate of drug-likeness (QED) is 0.350. The van der Waals surface area contributed by atoms with Gasteiger partial charge in [0.05, 0.1) is 30.8 Å². The van der Waals surface area contributed by atoms with Crippen molar-refractivity contribution < 1.29 is 23.9 Å². The van der Waals surface area contributed by atoms with Crippen LogP contribution in [0.25, 0.3) is 10.9 Å². The van der Waals surface area contributed by atoms with Crippen LogP contribution in [0, 0.1) is 19.3 Å². The Morgan fingerprint density at radius 2 is 1.95 bits per heavy atom. The molecule has 1 aliphatic carbocycles. The predicted octanol–water partition coefficient (Wildman–Crippen LogP) is 3.83. The SMILES string of the molecule is COc1cc2c3c(c1)c(C(C)=O)nn3CC(=O)N1[C@H](C(=O)Cc3nc(C)ccc3C)C[C@@]3(CNC(=O)CCC/C=C/C2)C[C@@H]13. The summed E-state index contributed by atoms with van der Waals surface area (Å²) in [6.45, 7) is 5.62. The highest BCUT2D eigenvalue weighted by Crippen LogP contribution is 2.59. The molecule has 230 valence electrons. The summed E-state index contributed by atoms with van der Waals surface area (Å²) in [6.07, 6.45) is 7.86. The lowest BCUT2D eigenvalue weighted by atomic mass is 9.94. The molecule has 10 nitrogen and oxygen atoms in total. The molecule has 1 aromatic carbocycles. The largest absolute Gasteiger partial charge is 0.497 e. The minimum absolute atomic E-state index is 0.0126. The van der Waals surface area contributed by atoms with E-state index in [9.17, 15) is 19.2 Å². The van der Waals surface area contributed by atoms with Crippen molar-refractivity contribution in [3.05, 3.63) is 64.6 Å². The number of Topliss-reactive ketones (excluding diaryl/α,β-unsaturated/α-hetero) is 2. The van der Waals surface area contributed by atoms with E-state index >= 15 is 0 Å². The molecule has 1 saturated heterocycles. The van der Waals surface area contributed by atoms with Crippen LogP contribution in [0.1, 0.15) is 72.0 Å². The number of aromatic nitrogens is 3. The third kappa shape index (κ3) is 5.53. The topological polar surface area (TPSA) is 123 Å². The highest BCUT2D eigenvalue weighted by atomic mass is 16.5. The second-order valence-corrected chi connectivity index (χ2v) is 12.6. The minimum atomic E-state index is -0.629. The highest BCUT2D eigenvalue weighted by Gasteiger charge is 2.66. The molecule has 0 radical (unpaired) electrons. The lowest BCUT2D eigenvalue weighted by Crippen LogP contribution is -2.45. The second kappa shape index (κ2) is 11.6. The average Bonchev–Trinajstić information content (AvgIpc) is 3.40. The van der Waals surface area contributed by atoms with Gasteiger partial charge in [-0.05, 0) is 75.3 Å². The van der Waals surface area contributed by atoms with Gasteiger partial charge in [0.2, 0.25) is 11.8 Å². The number of ketones is 2. The third-order valence-corrected chi connectivity index (χ3v) is 9.43. The summed E-state index contributed by atoms with van der Waals surface area (Å²) in [5.41, 5.74) is 4.02. The lowest BCUT2D eigenvalue weighted by Gasteiger charge is -2.27. The van der Waals surface area contributed by atoms with Crippen LogP contribution in [0.2, 0.25) is 0 Å². The summed E-state index contributed by atoms with van der Waals surface area (Å²) in [4.78, 5) is 59.9. The molecular weight excluding hydrogens is 558 g/mol. The summed E-state index contributed by atoms with van der Waals surface area (Å²) < 4.78 is 7.17. The van der Waals surface area contributed by atoms with Gasteiger partial charge in [0.15, 0.2) is 11.6 Å². The van der Waals surface area contributed by atoms with E-state index in [0.29, 0.717) is 48.9 Å². The molecule has 0 unspecified atom stereocenters. The van der Waals surface area contributed by atoms with Crippen LogP contribution >= 0.6 is 0 Å². The summed E-state index contributed by atoms with van der Waals surface area (Å²) >= 11 is 0. The molecule has 2 fully saturated rings. The van der Waals surface area contributed by atoms with Gasteiger partial charge >= 0.3 is 0 Å². The molecule has 44 heavy (non-hydrogen) atoms. The van der Waals surface area contributed by atoms with Crippen LogP contribution in [0.3, 0.4) is 0 Å². The van der Waals surface area contributed by atoms with Gasteiger partial charge in [-0.2, -0.15) is 5.10 Å². The van der Waals surface area contributed by atoms with Crippen molar-refractivity contribution >= 4 is 34.3 Å². The van der Waals surface area contributed by atoms with Gasteiger partial charge in [-0.25, -0.2) is 0 Å². The molecule has 2 amide bonds. The molecule has 2 aromatic heterocycles. The van der Waals surface area contributed by atoms with Crippen LogP contribution in [0.5, 0.6) is 5.75 Å². The molecule has 1 saturated carbocycles. The number of amides is 2. The van der Waals surface area contributed by atoms with Crippen LogP contribution in [-0.2, 0) is 33.8 Å². The van der Waals surface area contributed by atoms with E-state index in [-0.39, 0.29) is 53.5 Å². The first kappa shape index (κ1) is 29.7. The average molecular weight is 598 g/mol. The molecule has 10 heteroatoms. The molecule has 4 heterocycles. The highest BCUT2D eigenvalue weighted by molar-refractivity contribution is 6.06. The van der Waals surface area contributed by atoms with Gasteiger partial charge in [0.1, 0.15) is 18.0 Å². The summed E-state index contributed by atoms with van der Waals surface area (Å²) in [6, 6.07) is 6.80. The van der Waals surface area contributed by atoms with E-state index in [4.69, 9.17) is 4.74 Å². The van der Waals surface area contributed by atoms with E-state index in [0.717, 1.165) is 35.4 Å². The number of nitrogens with one attached hydrogen (secondary N) is 1. The molecule has 6 rings (SSSR count). The first-order valence-corrected chi connectivity index (χ1v) is 15.4. The number of hydrogen-bond donors (Lipinski definition) is 1. The fourth-order valence-corrected chi connectivity index (χ4v) is 6.96. The van der Waals surface area contributed by atoms with Gasteiger partial charge in [0.25, 0.3) is 0 Å². The maximum absolute atomic E-state index is 14.2. The van der Waals surface area contributed by atoms with Gasteiger partial charge in [-0.1, -0.05) is 18.2 Å². The van der Waals surface area contributed by atoms with Gasteiger partial charge in [0, 0.05) is 42.4 Å². The van der Waals surface area contributed by atoms with Crippen molar-refractivity contribution in [2.45, 2.75) is 84.3 Å². The zero-order valence-electron chi connectivity index (χ0n) is 25.8. The fourth-order valence-electron chi connectivity index (χ4n) is 6.96. The van der Waals surface area contributed by atoms with Crippen molar-refractivity contribution in [3.8, 4) is 5.75 Å². The van der Waals surface area contributed by atoms with Crippen LogP contribution in [0.15, 0.2) is 36.4 Å². The first-order valence-electron chi connectivity index (χ1n) is 15.4. The third-order valence-electron chi connectivity index (χ3n) is 9.43. The van der Waals surface area contributed by atoms with Gasteiger partial charge in [-0.15, -0.1) is 0 Å². The Kier molecular flexibility index (Phi) is 7.86. The normalized spacial score (nSPS) is 24.4. The maximum atomic E-state index is 14.2. The summed E-state index contributed by atoms with van der Waals surface area (Å²) in [5, 5.41) is 8.37. The monoisotopic (exact) mass is 597 g/mol. The number of aryl methyl sites for hydroxylation is 2. The second-order valence-electron chi connectivity index (χ2n) is 12.6.